The third kappa shape index (κ3) is 4.14. The fourth-order valence-electron chi connectivity index (χ4n) is 2.56. The molecule has 6 nitrogen and oxygen atoms in total. The number of amides is 1. The molecule has 0 atom stereocenters. The summed E-state index contributed by atoms with van der Waals surface area (Å²) < 4.78 is 13.0. The van der Waals surface area contributed by atoms with Crippen molar-refractivity contribution in [3.05, 3.63) is 53.4 Å². The van der Waals surface area contributed by atoms with Gasteiger partial charge in [-0.25, -0.2) is 9.37 Å². The maximum atomic E-state index is 13.0. The van der Waals surface area contributed by atoms with Gasteiger partial charge in [-0.3, -0.25) is 4.79 Å². The first-order chi connectivity index (χ1) is 12.2. The van der Waals surface area contributed by atoms with Gasteiger partial charge >= 0.3 is 0 Å². The molecule has 1 aromatic heterocycles. The van der Waals surface area contributed by atoms with Crippen LogP contribution in [0.25, 0.3) is 0 Å². The quantitative estimate of drug-likeness (QED) is 0.672. The van der Waals surface area contributed by atoms with E-state index in [1.807, 2.05) is 6.07 Å². The molecule has 1 aliphatic heterocycles. The molecule has 25 heavy (non-hydrogen) atoms. The van der Waals surface area contributed by atoms with E-state index in [2.05, 4.69) is 15.2 Å². The fourth-order valence-corrected chi connectivity index (χ4v) is 3.06. The van der Waals surface area contributed by atoms with E-state index >= 15 is 0 Å². The molecule has 0 saturated carbocycles. The molecule has 1 N–H and O–H groups in total. The van der Waals surface area contributed by atoms with Gasteiger partial charge in [-0.1, -0.05) is 0 Å². The molecule has 2 aromatic rings. The number of carbonyl (C=O) groups is 1. The largest absolute Gasteiger partial charge is 0.368 e. The first-order valence-electron chi connectivity index (χ1n) is 7.73. The number of hydrogen-bond donors (Lipinski definition) is 1. The number of halogens is 1. The number of anilines is 2. The highest BCUT2D eigenvalue weighted by atomic mass is 32.1. The van der Waals surface area contributed by atoms with E-state index in [9.17, 15) is 14.4 Å². The zero-order chi connectivity index (χ0) is 17.6. The monoisotopic (exact) mass is 357 g/mol. The number of rotatable bonds is 4. The van der Waals surface area contributed by atoms with Gasteiger partial charge in [0, 0.05) is 49.6 Å². The normalized spacial score (nSPS) is 15.0. The minimum Gasteiger partial charge on any atom is -0.368 e. The lowest BCUT2D eigenvalue weighted by Crippen LogP contribution is -2.49. The molecule has 0 unspecified atom stereocenters. The van der Waals surface area contributed by atoms with Crippen LogP contribution in [0, 0.1) is 17.1 Å². The van der Waals surface area contributed by atoms with E-state index in [1.165, 1.54) is 29.7 Å². The Labute approximate surface area is 148 Å². The molecule has 0 spiro atoms. The van der Waals surface area contributed by atoms with Crippen LogP contribution in [0.5, 0.6) is 0 Å². The predicted molar refractivity (Wildman–Crippen MR) is 94.6 cm³/mol. The summed E-state index contributed by atoms with van der Waals surface area (Å²) in [6.45, 7) is 2.28. The second-order valence-corrected chi connectivity index (χ2v) is 6.30. The molecule has 1 aromatic carbocycles. The van der Waals surface area contributed by atoms with Gasteiger partial charge in [0.25, 0.3) is 5.91 Å². The summed E-state index contributed by atoms with van der Waals surface area (Å²) in [5, 5.41) is 14.5. The number of nitriles is 1. The van der Waals surface area contributed by atoms with Crippen LogP contribution in [0.4, 0.5) is 15.2 Å². The summed E-state index contributed by atoms with van der Waals surface area (Å²) in [5.74, 6) is -0.570. The van der Waals surface area contributed by atoms with E-state index in [4.69, 9.17) is 0 Å². The average Bonchev–Trinajstić information content (AvgIpc) is 3.16. The van der Waals surface area contributed by atoms with Crippen LogP contribution in [0.2, 0.25) is 0 Å². The van der Waals surface area contributed by atoms with Gasteiger partial charge in [-0.05, 0) is 24.3 Å². The summed E-state index contributed by atoms with van der Waals surface area (Å²) >= 11 is 1.39. The van der Waals surface area contributed by atoms with Gasteiger partial charge in [0.2, 0.25) is 0 Å². The molecule has 128 valence electrons. The predicted octanol–water partition coefficient (Wildman–Crippen LogP) is 2.45. The first kappa shape index (κ1) is 16.9. The van der Waals surface area contributed by atoms with Crippen LogP contribution < -0.4 is 10.2 Å². The average molecular weight is 357 g/mol. The van der Waals surface area contributed by atoms with Crippen molar-refractivity contribution in [2.24, 2.45) is 0 Å². The summed E-state index contributed by atoms with van der Waals surface area (Å²) in [5.41, 5.74) is 0.973. The number of benzene rings is 1. The van der Waals surface area contributed by atoms with Crippen LogP contribution in [-0.2, 0) is 4.79 Å². The van der Waals surface area contributed by atoms with Crippen LogP contribution >= 0.6 is 11.3 Å². The maximum absolute atomic E-state index is 13.0. The highest BCUT2D eigenvalue weighted by Crippen LogP contribution is 2.18. The zero-order valence-corrected chi connectivity index (χ0v) is 14.2. The highest BCUT2D eigenvalue weighted by Gasteiger charge is 2.23. The summed E-state index contributed by atoms with van der Waals surface area (Å²) in [6.07, 6.45) is 3.04. The lowest BCUT2D eigenvalue weighted by Gasteiger charge is -2.36. The van der Waals surface area contributed by atoms with E-state index in [-0.39, 0.29) is 17.3 Å². The van der Waals surface area contributed by atoms with Crippen molar-refractivity contribution < 1.29 is 9.18 Å². The maximum Gasteiger partial charge on any atom is 0.266 e. The molecule has 2 heterocycles. The van der Waals surface area contributed by atoms with Crippen LogP contribution in [-0.4, -0.2) is 42.0 Å². The Hall–Kier alpha value is -2.92. The van der Waals surface area contributed by atoms with E-state index in [1.54, 1.807) is 28.6 Å². The Morgan fingerprint density at radius 1 is 1.28 bits per heavy atom. The zero-order valence-electron chi connectivity index (χ0n) is 13.4. The van der Waals surface area contributed by atoms with Crippen LogP contribution in [0.3, 0.4) is 0 Å². The molecule has 0 bridgehead atoms. The molecule has 1 saturated heterocycles. The molecule has 3 rings (SSSR count). The molecule has 8 heteroatoms. The van der Waals surface area contributed by atoms with Crippen molar-refractivity contribution in [1.29, 1.82) is 5.26 Å². The van der Waals surface area contributed by atoms with Gasteiger partial charge in [0.15, 0.2) is 5.13 Å². The Morgan fingerprint density at radius 2 is 2.00 bits per heavy atom. The van der Waals surface area contributed by atoms with Crippen LogP contribution in [0.15, 0.2) is 47.6 Å². The molecule has 0 radical (unpaired) electrons. The molecule has 0 aliphatic carbocycles. The number of hydrogen-bond acceptors (Lipinski definition) is 6. The summed E-state index contributed by atoms with van der Waals surface area (Å²) in [6, 6.07) is 8.24. The number of thiazole rings is 1. The van der Waals surface area contributed by atoms with Crippen molar-refractivity contribution >= 4 is 28.1 Å². The second kappa shape index (κ2) is 7.77. The standard InChI is InChI=1S/C17H16FN5OS/c18-14-1-3-15(4-2-14)22-6-8-23(9-7-22)16(24)13(11-19)12-21-17-20-5-10-25-17/h1-5,10,12H,6-9H2,(H,20,21)/b13-12-. The Balaban J connectivity index is 1.59. The van der Waals surface area contributed by atoms with Crippen molar-refractivity contribution in [2.45, 2.75) is 0 Å². The molecule has 1 aliphatic rings. The van der Waals surface area contributed by atoms with Crippen molar-refractivity contribution in [3.8, 4) is 6.07 Å². The van der Waals surface area contributed by atoms with Gasteiger partial charge in [0.05, 0.1) is 0 Å². The number of nitrogens with zero attached hydrogens (tertiary/aromatic N) is 4. The third-order valence-electron chi connectivity index (χ3n) is 3.88. The number of nitrogens with one attached hydrogen (secondary N) is 1. The number of aromatic nitrogens is 1. The lowest BCUT2D eigenvalue weighted by atomic mass is 10.2. The van der Waals surface area contributed by atoms with Crippen molar-refractivity contribution in [1.82, 2.24) is 9.88 Å². The molecule has 1 amide bonds. The van der Waals surface area contributed by atoms with Gasteiger partial charge in [-0.15, -0.1) is 11.3 Å². The molecular formula is C17H16FN5OS. The van der Waals surface area contributed by atoms with Gasteiger partial charge in [-0.2, -0.15) is 5.26 Å². The first-order valence-corrected chi connectivity index (χ1v) is 8.61. The minimum absolute atomic E-state index is 0.0467. The molecule has 1 fully saturated rings. The van der Waals surface area contributed by atoms with E-state index in [0.29, 0.717) is 31.3 Å². The fraction of sp³-hybridized carbons (Fsp3) is 0.235. The Bertz CT molecular complexity index is 789. The van der Waals surface area contributed by atoms with E-state index < -0.39 is 0 Å². The second-order valence-electron chi connectivity index (χ2n) is 5.41. The lowest BCUT2D eigenvalue weighted by molar-refractivity contribution is -0.127. The van der Waals surface area contributed by atoms with Crippen molar-refractivity contribution in [2.75, 3.05) is 36.4 Å². The minimum atomic E-state index is -0.301. The van der Waals surface area contributed by atoms with Crippen LogP contribution in [0.1, 0.15) is 0 Å². The third-order valence-corrected chi connectivity index (χ3v) is 4.59. The van der Waals surface area contributed by atoms with Gasteiger partial charge < -0.3 is 15.1 Å². The topological polar surface area (TPSA) is 72.3 Å². The number of piperazine rings is 1. The summed E-state index contributed by atoms with van der Waals surface area (Å²) in [7, 11) is 0. The Morgan fingerprint density at radius 3 is 2.60 bits per heavy atom. The highest BCUT2D eigenvalue weighted by molar-refractivity contribution is 7.13. The summed E-state index contributed by atoms with van der Waals surface area (Å²) in [4.78, 5) is 20.3. The smallest absolute Gasteiger partial charge is 0.266 e. The van der Waals surface area contributed by atoms with E-state index in [0.717, 1.165) is 5.69 Å². The number of carbonyl (C=O) groups excluding carboxylic acids is 1. The SMILES string of the molecule is N#C/C(=C/Nc1nccs1)C(=O)N1CCN(c2ccc(F)cc2)CC1. The van der Waals surface area contributed by atoms with Gasteiger partial charge in [0.1, 0.15) is 17.5 Å². The molecular weight excluding hydrogens is 341 g/mol. The van der Waals surface area contributed by atoms with Crippen molar-refractivity contribution in [3.63, 3.8) is 0 Å². The Kier molecular flexibility index (Phi) is 5.26.